The van der Waals surface area contributed by atoms with E-state index in [1.54, 1.807) is 0 Å². The van der Waals surface area contributed by atoms with Gasteiger partial charge in [-0.15, -0.1) is 0 Å². The Morgan fingerprint density at radius 3 is 2.17 bits per heavy atom. The van der Waals surface area contributed by atoms with E-state index in [2.05, 4.69) is 20.1 Å². The average molecular weight is 266 g/mol. The molecule has 0 spiro atoms. The largest absolute Gasteiger partial charge is 0.478 e. The predicted octanol–water partition coefficient (Wildman–Crippen LogP) is 1.07. The maximum absolute atomic E-state index is 10.9. The lowest BCUT2D eigenvalue weighted by Crippen LogP contribution is -2.04. The molecule has 0 aliphatic heterocycles. The van der Waals surface area contributed by atoms with E-state index in [-0.39, 0.29) is 11.1 Å². The summed E-state index contributed by atoms with van der Waals surface area (Å²) in [6.07, 6.45) is 0. The van der Waals surface area contributed by atoms with Crippen LogP contribution in [0.5, 0.6) is 0 Å². The van der Waals surface area contributed by atoms with Crippen LogP contribution in [0.25, 0.3) is 0 Å². The van der Waals surface area contributed by atoms with Crippen molar-refractivity contribution < 1.29 is 19.8 Å². The van der Waals surface area contributed by atoms with Crippen LogP contribution in [0.15, 0.2) is 18.2 Å². The number of rotatable bonds is 4. The Bertz CT molecular complexity index is 566. The molecule has 0 fully saturated rings. The predicted molar refractivity (Wildman–Crippen MR) is 61.3 cm³/mol. The highest BCUT2D eigenvalue weighted by Crippen LogP contribution is 2.20. The normalized spacial score (nSPS) is 10.0. The van der Waals surface area contributed by atoms with Crippen LogP contribution in [-0.4, -0.2) is 37.0 Å². The van der Waals surface area contributed by atoms with E-state index in [1.165, 1.54) is 12.1 Å². The van der Waals surface area contributed by atoms with Gasteiger partial charge in [0.1, 0.15) is 0 Å². The van der Waals surface area contributed by atoms with Crippen molar-refractivity contribution in [2.24, 2.45) is 0 Å². The second kappa shape index (κ2) is 4.75. The monoisotopic (exact) mass is 266 g/mol. The molecule has 0 radical (unpaired) electrons. The van der Waals surface area contributed by atoms with Gasteiger partial charge < -0.3 is 15.5 Å². The fourth-order valence-electron chi connectivity index (χ4n) is 1.25. The molecule has 0 amide bonds. The van der Waals surface area contributed by atoms with Crippen LogP contribution in [0, 0.1) is 0 Å². The number of carbonyl (C=O) groups is 2. The molecule has 2 aromatic rings. The number of aromatic carboxylic acids is 2. The first-order chi connectivity index (χ1) is 8.56. The summed E-state index contributed by atoms with van der Waals surface area (Å²) in [6, 6.07) is 3.68. The number of aromatic nitrogens is 3. The maximum atomic E-state index is 10.9. The van der Waals surface area contributed by atoms with Crippen molar-refractivity contribution in [3.63, 3.8) is 0 Å². The Labute approximate surface area is 104 Å². The highest BCUT2D eigenvalue weighted by Gasteiger charge is 2.12. The van der Waals surface area contributed by atoms with Crippen molar-refractivity contribution in [3.05, 3.63) is 29.3 Å². The van der Waals surface area contributed by atoms with Crippen molar-refractivity contribution in [2.45, 2.75) is 0 Å². The minimum atomic E-state index is -1.21. The zero-order valence-corrected chi connectivity index (χ0v) is 9.51. The van der Waals surface area contributed by atoms with E-state index >= 15 is 0 Å². The molecule has 92 valence electrons. The lowest BCUT2D eigenvalue weighted by atomic mass is 10.1. The van der Waals surface area contributed by atoms with Gasteiger partial charge in [0.25, 0.3) is 0 Å². The van der Waals surface area contributed by atoms with Gasteiger partial charge in [0.2, 0.25) is 5.13 Å². The third-order valence-electron chi connectivity index (χ3n) is 1.98. The van der Waals surface area contributed by atoms with Crippen LogP contribution in [0.1, 0.15) is 20.7 Å². The second-order valence-corrected chi connectivity index (χ2v) is 3.93. The number of hydrogen-bond donors (Lipinski definition) is 3. The first-order valence-electron chi connectivity index (χ1n) is 4.60. The van der Waals surface area contributed by atoms with Gasteiger partial charge in [-0.05, 0) is 23.4 Å². The molecule has 0 aliphatic carbocycles. The molecule has 18 heavy (non-hydrogen) atoms. The molecule has 1 aromatic heterocycles. The fraction of sp³-hybridized carbons (Fsp3) is 0. The maximum Gasteiger partial charge on any atom is 0.335 e. The van der Waals surface area contributed by atoms with E-state index < -0.39 is 11.9 Å². The smallest absolute Gasteiger partial charge is 0.335 e. The second-order valence-electron chi connectivity index (χ2n) is 3.20. The van der Waals surface area contributed by atoms with Crippen molar-refractivity contribution in [3.8, 4) is 0 Å². The van der Waals surface area contributed by atoms with Gasteiger partial charge in [-0.3, -0.25) is 0 Å². The van der Waals surface area contributed by atoms with E-state index in [0.29, 0.717) is 10.8 Å². The van der Waals surface area contributed by atoms with Crippen LogP contribution >= 0.6 is 11.5 Å². The molecule has 3 N–H and O–H groups in total. The Morgan fingerprint density at radius 1 is 1.11 bits per heavy atom. The minimum Gasteiger partial charge on any atom is -0.478 e. The van der Waals surface area contributed by atoms with Crippen molar-refractivity contribution >= 4 is 34.3 Å². The number of benzene rings is 1. The quantitative estimate of drug-likeness (QED) is 0.750. The molecule has 0 atom stereocenters. The Hall–Kier alpha value is -2.55. The first kappa shape index (κ1) is 11.9. The number of nitrogens with one attached hydrogen (secondary N) is 1. The van der Waals surface area contributed by atoms with Crippen molar-refractivity contribution in [2.75, 3.05) is 5.32 Å². The van der Waals surface area contributed by atoms with E-state index in [1.807, 2.05) is 0 Å². The van der Waals surface area contributed by atoms with Crippen LogP contribution in [0.3, 0.4) is 0 Å². The summed E-state index contributed by atoms with van der Waals surface area (Å²) in [5.41, 5.74) is 0.0376. The molecular formula is C9H6N4O4S. The molecule has 0 unspecified atom stereocenters. The zero-order valence-electron chi connectivity index (χ0n) is 8.69. The molecular weight excluding hydrogens is 260 g/mol. The number of hydrogen-bond acceptors (Lipinski definition) is 7. The van der Waals surface area contributed by atoms with Crippen LogP contribution in [0.4, 0.5) is 10.8 Å². The highest BCUT2D eigenvalue weighted by atomic mass is 32.1. The molecule has 8 nitrogen and oxygen atoms in total. The van der Waals surface area contributed by atoms with Crippen LogP contribution in [0.2, 0.25) is 0 Å². The molecule has 0 saturated carbocycles. The summed E-state index contributed by atoms with van der Waals surface area (Å²) >= 11 is 0.968. The molecule has 1 heterocycles. The number of nitrogens with zero attached hydrogens (tertiary/aromatic N) is 3. The summed E-state index contributed by atoms with van der Waals surface area (Å²) in [6.45, 7) is 0. The summed E-state index contributed by atoms with van der Waals surface area (Å²) in [5.74, 6) is -2.42. The van der Waals surface area contributed by atoms with Crippen LogP contribution in [-0.2, 0) is 0 Å². The number of anilines is 2. The highest BCUT2D eigenvalue weighted by molar-refractivity contribution is 7.09. The van der Waals surface area contributed by atoms with Gasteiger partial charge >= 0.3 is 11.9 Å². The Morgan fingerprint density at radius 2 is 1.72 bits per heavy atom. The fourth-order valence-corrected chi connectivity index (χ4v) is 1.64. The van der Waals surface area contributed by atoms with Gasteiger partial charge in [-0.2, -0.15) is 0 Å². The lowest BCUT2D eigenvalue weighted by Gasteiger charge is -2.05. The summed E-state index contributed by atoms with van der Waals surface area (Å²) in [7, 11) is 0. The lowest BCUT2D eigenvalue weighted by molar-refractivity contribution is 0.0696. The Balaban J connectivity index is 2.40. The zero-order chi connectivity index (χ0) is 13.1. The molecule has 0 aliphatic rings. The number of carboxylic acids is 2. The third kappa shape index (κ3) is 2.58. The summed E-state index contributed by atoms with van der Waals surface area (Å²) < 4.78 is 3.52. The molecule has 2 rings (SSSR count). The minimum absolute atomic E-state index is 0.130. The SMILES string of the molecule is O=C(O)c1cc(Nc2nnns2)cc(C(=O)O)c1. The molecule has 9 heteroatoms. The Kier molecular flexibility index (Phi) is 3.15. The van der Waals surface area contributed by atoms with E-state index in [9.17, 15) is 9.59 Å². The standard InChI is InChI=1S/C9H6N4O4S/c14-7(15)4-1-5(8(16)17)3-6(2-4)10-9-11-12-13-18-9/h1-3H,(H,14,15)(H,16,17)(H,10,11,13). The van der Waals surface area contributed by atoms with E-state index in [4.69, 9.17) is 10.2 Å². The van der Waals surface area contributed by atoms with Gasteiger partial charge in [0.15, 0.2) is 0 Å². The summed E-state index contributed by atoms with van der Waals surface area (Å²) in [5, 5.41) is 27.8. The van der Waals surface area contributed by atoms with Gasteiger partial charge in [-0.1, -0.05) is 9.59 Å². The van der Waals surface area contributed by atoms with Crippen molar-refractivity contribution in [1.29, 1.82) is 0 Å². The van der Waals surface area contributed by atoms with Crippen molar-refractivity contribution in [1.82, 2.24) is 14.8 Å². The molecule has 0 bridgehead atoms. The third-order valence-corrected chi connectivity index (χ3v) is 2.49. The van der Waals surface area contributed by atoms with Crippen LogP contribution < -0.4 is 5.32 Å². The number of carboxylic acid groups (broad SMARTS) is 2. The average Bonchev–Trinajstić information content (AvgIpc) is 2.81. The summed E-state index contributed by atoms with van der Waals surface area (Å²) in [4.78, 5) is 21.7. The van der Waals surface area contributed by atoms with Gasteiger partial charge in [0, 0.05) is 17.2 Å². The molecule has 1 aromatic carbocycles. The molecule has 0 saturated heterocycles. The van der Waals surface area contributed by atoms with E-state index in [0.717, 1.165) is 17.6 Å². The topological polar surface area (TPSA) is 125 Å². The van der Waals surface area contributed by atoms with Gasteiger partial charge in [-0.25, -0.2) is 9.59 Å². The first-order valence-corrected chi connectivity index (χ1v) is 5.37. The van der Waals surface area contributed by atoms with Gasteiger partial charge in [0.05, 0.1) is 11.1 Å².